The van der Waals surface area contributed by atoms with Crippen molar-refractivity contribution in [3.8, 4) is 0 Å². The van der Waals surface area contributed by atoms with Crippen LogP contribution in [0.4, 0.5) is 0 Å². The second-order valence-corrected chi connectivity index (χ2v) is 7.41. The standard InChI is InChI=1S/C23H46O7.Na/c1-2-3-4-5-6-7-8-9-10-11-12-13-26-14-15-27-16-17-28-18-19-29-20-21-30-22-23(24)25;/h2-22H2,1H3,(H,24,25);/q;+1/p-1. The van der Waals surface area contributed by atoms with Crippen LogP contribution in [-0.4, -0.2) is 72.0 Å². The molecular formula is C23H45NaO7. The molecule has 0 aliphatic heterocycles. The third-order valence-corrected chi connectivity index (χ3v) is 4.60. The summed E-state index contributed by atoms with van der Waals surface area (Å²) < 4.78 is 26.4. The van der Waals surface area contributed by atoms with Gasteiger partial charge in [-0.3, -0.25) is 0 Å². The maximum atomic E-state index is 10.1. The van der Waals surface area contributed by atoms with Crippen molar-refractivity contribution < 1.29 is 63.1 Å². The van der Waals surface area contributed by atoms with Crippen molar-refractivity contribution in [3.05, 3.63) is 0 Å². The van der Waals surface area contributed by atoms with E-state index in [1.165, 1.54) is 64.2 Å². The van der Waals surface area contributed by atoms with E-state index in [0.29, 0.717) is 46.2 Å². The fourth-order valence-corrected chi connectivity index (χ4v) is 2.90. The molecule has 0 aromatic carbocycles. The topological polar surface area (TPSA) is 86.3 Å². The number of hydrogen-bond donors (Lipinski definition) is 0. The fraction of sp³-hybridized carbons (Fsp3) is 0.957. The second kappa shape index (κ2) is 30.3. The Bertz CT molecular complexity index is 346. The van der Waals surface area contributed by atoms with Crippen molar-refractivity contribution in [1.82, 2.24) is 0 Å². The van der Waals surface area contributed by atoms with E-state index in [0.717, 1.165) is 13.0 Å². The Morgan fingerprint density at radius 3 is 1.23 bits per heavy atom. The Kier molecular flexibility index (Phi) is 32.7. The molecule has 0 aliphatic rings. The van der Waals surface area contributed by atoms with Gasteiger partial charge in [0.25, 0.3) is 0 Å². The van der Waals surface area contributed by atoms with E-state index in [9.17, 15) is 9.90 Å². The zero-order valence-electron chi connectivity index (χ0n) is 20.2. The molecule has 0 aromatic rings. The number of carbonyl (C=O) groups is 1. The van der Waals surface area contributed by atoms with Crippen LogP contribution >= 0.6 is 0 Å². The van der Waals surface area contributed by atoms with E-state index >= 15 is 0 Å². The van der Waals surface area contributed by atoms with Crippen LogP contribution in [0.5, 0.6) is 0 Å². The van der Waals surface area contributed by atoms with E-state index in [2.05, 4.69) is 6.92 Å². The summed E-state index contributed by atoms with van der Waals surface area (Å²) in [7, 11) is 0. The second-order valence-electron chi connectivity index (χ2n) is 7.41. The first-order valence-electron chi connectivity index (χ1n) is 11.9. The summed E-state index contributed by atoms with van der Waals surface area (Å²) in [6, 6.07) is 0. The number of carbonyl (C=O) groups excluding carboxylic acids is 1. The minimum Gasteiger partial charge on any atom is -0.548 e. The predicted molar refractivity (Wildman–Crippen MR) is 116 cm³/mol. The molecule has 180 valence electrons. The van der Waals surface area contributed by atoms with Gasteiger partial charge in [-0.15, -0.1) is 0 Å². The molecule has 0 N–H and O–H groups in total. The van der Waals surface area contributed by atoms with Gasteiger partial charge in [0, 0.05) is 6.61 Å². The predicted octanol–water partition coefficient (Wildman–Crippen LogP) is 0.134. The van der Waals surface area contributed by atoms with Gasteiger partial charge in [0.2, 0.25) is 0 Å². The number of carboxylic acids is 1. The van der Waals surface area contributed by atoms with Crippen molar-refractivity contribution in [1.29, 1.82) is 0 Å². The third-order valence-electron chi connectivity index (χ3n) is 4.60. The summed E-state index contributed by atoms with van der Waals surface area (Å²) in [4.78, 5) is 10.1. The number of hydrogen-bond acceptors (Lipinski definition) is 7. The normalized spacial score (nSPS) is 10.9. The molecule has 8 heteroatoms. The molecule has 0 bridgehead atoms. The first kappa shape index (κ1) is 33.4. The zero-order valence-corrected chi connectivity index (χ0v) is 22.2. The Balaban J connectivity index is 0. The van der Waals surface area contributed by atoms with Gasteiger partial charge in [-0.2, -0.15) is 0 Å². The van der Waals surface area contributed by atoms with Gasteiger partial charge in [-0.05, 0) is 6.42 Å². The molecule has 0 fully saturated rings. The van der Waals surface area contributed by atoms with Gasteiger partial charge in [0.05, 0.1) is 65.4 Å². The summed E-state index contributed by atoms with van der Waals surface area (Å²) in [6.45, 7) is 6.44. The maximum absolute atomic E-state index is 10.1. The molecule has 0 aliphatic carbocycles. The average Bonchev–Trinajstić information content (AvgIpc) is 2.73. The van der Waals surface area contributed by atoms with Crippen LogP contribution in [0, 0.1) is 0 Å². The molecule has 0 rings (SSSR count). The summed E-state index contributed by atoms with van der Waals surface area (Å²) in [5.74, 6) is -1.22. The third kappa shape index (κ3) is 32.5. The summed E-state index contributed by atoms with van der Waals surface area (Å²) in [5.41, 5.74) is 0. The van der Waals surface area contributed by atoms with Crippen molar-refractivity contribution in [2.75, 3.05) is 66.1 Å². The van der Waals surface area contributed by atoms with Crippen LogP contribution in [0.15, 0.2) is 0 Å². The van der Waals surface area contributed by atoms with Crippen molar-refractivity contribution in [2.24, 2.45) is 0 Å². The molecule has 0 unspecified atom stereocenters. The Labute approximate surface area is 212 Å². The molecule has 0 aromatic heterocycles. The molecule has 0 atom stereocenters. The van der Waals surface area contributed by atoms with Crippen molar-refractivity contribution in [2.45, 2.75) is 77.6 Å². The molecule has 0 radical (unpaired) electrons. The van der Waals surface area contributed by atoms with Crippen LogP contribution in [0.25, 0.3) is 0 Å². The first-order chi connectivity index (χ1) is 14.8. The average molecular weight is 457 g/mol. The zero-order chi connectivity index (χ0) is 22.0. The van der Waals surface area contributed by atoms with E-state index < -0.39 is 12.6 Å². The number of unbranched alkanes of at least 4 members (excludes halogenated alkanes) is 10. The van der Waals surface area contributed by atoms with E-state index in [4.69, 9.17) is 23.7 Å². The van der Waals surface area contributed by atoms with Crippen LogP contribution in [0.2, 0.25) is 0 Å². The molecule has 0 heterocycles. The number of rotatable bonds is 26. The number of aliphatic carboxylic acids is 1. The molecule has 7 nitrogen and oxygen atoms in total. The smallest absolute Gasteiger partial charge is 0.548 e. The molecule has 31 heavy (non-hydrogen) atoms. The monoisotopic (exact) mass is 456 g/mol. The molecule has 0 saturated carbocycles. The first-order valence-corrected chi connectivity index (χ1v) is 11.9. The minimum atomic E-state index is -1.22. The van der Waals surface area contributed by atoms with Crippen LogP contribution in [0.1, 0.15) is 77.6 Å². The van der Waals surface area contributed by atoms with E-state index in [-0.39, 0.29) is 36.2 Å². The summed E-state index contributed by atoms with van der Waals surface area (Å²) in [6.07, 6.45) is 14.8. The van der Waals surface area contributed by atoms with Crippen molar-refractivity contribution in [3.63, 3.8) is 0 Å². The molecule has 0 saturated heterocycles. The molecular weight excluding hydrogens is 411 g/mol. The fourth-order valence-electron chi connectivity index (χ4n) is 2.90. The van der Waals surface area contributed by atoms with E-state index in [1.807, 2.05) is 0 Å². The minimum absolute atomic E-state index is 0. The quantitative estimate of drug-likeness (QED) is 0.135. The molecule has 0 amide bonds. The number of carboxylic acid groups (broad SMARTS) is 1. The SMILES string of the molecule is CCCCCCCCCCCCCOCCOCCOCCOCCOCC(=O)[O-].[Na+]. The van der Waals surface area contributed by atoms with Gasteiger partial charge >= 0.3 is 29.6 Å². The van der Waals surface area contributed by atoms with Gasteiger partial charge < -0.3 is 33.6 Å². The van der Waals surface area contributed by atoms with E-state index in [1.54, 1.807) is 0 Å². The Hall–Kier alpha value is 0.270. The van der Waals surface area contributed by atoms with Crippen LogP contribution in [0.3, 0.4) is 0 Å². The number of ether oxygens (including phenoxy) is 5. The summed E-state index contributed by atoms with van der Waals surface area (Å²) in [5, 5.41) is 10.1. The van der Waals surface area contributed by atoms with Gasteiger partial charge in [0.15, 0.2) is 0 Å². The van der Waals surface area contributed by atoms with Gasteiger partial charge in [-0.25, -0.2) is 0 Å². The van der Waals surface area contributed by atoms with Crippen molar-refractivity contribution >= 4 is 5.97 Å². The Morgan fingerprint density at radius 1 is 0.516 bits per heavy atom. The molecule has 0 spiro atoms. The largest absolute Gasteiger partial charge is 1.00 e. The summed E-state index contributed by atoms with van der Waals surface area (Å²) >= 11 is 0. The Morgan fingerprint density at radius 2 is 0.839 bits per heavy atom. The maximum Gasteiger partial charge on any atom is 1.00 e. The van der Waals surface area contributed by atoms with Crippen LogP contribution < -0.4 is 34.7 Å². The van der Waals surface area contributed by atoms with Crippen LogP contribution in [-0.2, 0) is 28.5 Å². The van der Waals surface area contributed by atoms with Gasteiger partial charge in [-0.1, -0.05) is 71.1 Å². The van der Waals surface area contributed by atoms with Gasteiger partial charge in [0.1, 0.15) is 0 Å².